The van der Waals surface area contributed by atoms with Crippen molar-refractivity contribution < 1.29 is 22.3 Å². The van der Waals surface area contributed by atoms with E-state index in [4.69, 9.17) is 4.74 Å². The van der Waals surface area contributed by atoms with Crippen LogP contribution in [0.3, 0.4) is 0 Å². The summed E-state index contributed by atoms with van der Waals surface area (Å²) in [4.78, 5) is 14.0. The highest BCUT2D eigenvalue weighted by molar-refractivity contribution is 8.00. The molecule has 0 saturated carbocycles. The van der Waals surface area contributed by atoms with Gasteiger partial charge < -0.3 is 20.3 Å². The highest BCUT2D eigenvalue weighted by atomic mass is 32.2. The zero-order chi connectivity index (χ0) is 21.7. The summed E-state index contributed by atoms with van der Waals surface area (Å²) in [5, 5.41) is 5.75. The molecule has 10 heteroatoms. The van der Waals surface area contributed by atoms with Crippen molar-refractivity contribution in [3.8, 4) is 0 Å². The van der Waals surface area contributed by atoms with E-state index >= 15 is 0 Å². The monoisotopic (exact) mass is 438 g/mol. The van der Waals surface area contributed by atoms with Crippen LogP contribution < -0.4 is 10.6 Å². The fraction of sp³-hybridized carbons (Fsp3) is 0.500. The largest absolute Gasteiger partial charge is 0.385 e. The molecule has 2 N–H and O–H groups in total. The fourth-order valence-corrected chi connectivity index (χ4v) is 5.16. The van der Waals surface area contributed by atoms with Gasteiger partial charge in [-0.25, -0.2) is 9.18 Å². The number of benzene rings is 1. The van der Waals surface area contributed by atoms with Crippen molar-refractivity contribution in [2.45, 2.75) is 32.2 Å². The Bertz CT molecular complexity index is 936. The number of piperidine rings is 1. The van der Waals surface area contributed by atoms with Crippen LogP contribution >= 0.6 is 0 Å². The van der Waals surface area contributed by atoms with Crippen molar-refractivity contribution in [1.82, 2.24) is 15.5 Å². The Kier molecular flexibility index (Phi) is 7.09. The maximum atomic E-state index is 13.2. The van der Waals surface area contributed by atoms with Crippen LogP contribution in [0.4, 0.5) is 9.18 Å². The second-order valence-electron chi connectivity index (χ2n) is 7.36. The average molecular weight is 439 g/mol. The van der Waals surface area contributed by atoms with Gasteiger partial charge in [0.1, 0.15) is 16.6 Å². The number of ether oxygens (including phenoxy) is 1. The molecule has 0 spiro atoms. The van der Waals surface area contributed by atoms with E-state index in [1.165, 1.54) is 24.3 Å². The molecule has 2 aliphatic rings. The first-order valence-corrected chi connectivity index (χ1v) is 11.4. The molecule has 1 aromatic rings. The molecule has 0 aliphatic carbocycles. The molecule has 1 saturated heterocycles. The van der Waals surface area contributed by atoms with E-state index in [1.807, 2.05) is 4.90 Å². The molecule has 1 aromatic carbocycles. The number of halogens is 1. The number of methoxy groups -OCH3 is 1. The van der Waals surface area contributed by atoms with Crippen LogP contribution in [0, 0.1) is 5.82 Å². The highest BCUT2D eigenvalue weighted by Crippen LogP contribution is 2.34. The van der Waals surface area contributed by atoms with Crippen LogP contribution in [0.25, 0.3) is 4.91 Å². The van der Waals surface area contributed by atoms with E-state index in [1.54, 1.807) is 14.0 Å². The van der Waals surface area contributed by atoms with Gasteiger partial charge in [0, 0.05) is 45.0 Å². The molecule has 3 rings (SSSR count). The van der Waals surface area contributed by atoms with Gasteiger partial charge >= 0.3 is 6.03 Å². The maximum absolute atomic E-state index is 13.2. The van der Waals surface area contributed by atoms with Gasteiger partial charge in [0.15, 0.2) is 0 Å². The van der Waals surface area contributed by atoms with E-state index in [0.717, 1.165) is 6.42 Å². The van der Waals surface area contributed by atoms with E-state index in [9.17, 15) is 17.6 Å². The standard InChI is InChI=1S/C20H27FN4O4S/c1-14-18(15-4-6-16(21)7-5-15)30(27,28)24-19(14)25-11-8-17(9-12-25)23-20(26)22-10-3-13-29-2/h4-7,17H,3,8-13H2,1-2H3,(H2,22,23,26). The normalized spacial score (nSPS) is 19.0. The molecule has 1 fully saturated rings. The Balaban J connectivity index is 1.60. The van der Waals surface area contributed by atoms with E-state index in [-0.39, 0.29) is 17.0 Å². The van der Waals surface area contributed by atoms with Gasteiger partial charge in [0.2, 0.25) is 0 Å². The predicted octanol–water partition coefficient (Wildman–Crippen LogP) is 2.10. The van der Waals surface area contributed by atoms with Crippen LogP contribution in [0.1, 0.15) is 31.7 Å². The van der Waals surface area contributed by atoms with Crippen molar-refractivity contribution in [3.05, 3.63) is 41.2 Å². The lowest BCUT2D eigenvalue weighted by Crippen LogP contribution is -2.49. The Hall–Kier alpha value is -2.46. The summed E-state index contributed by atoms with van der Waals surface area (Å²) in [5.41, 5.74) is 0.984. The predicted molar refractivity (Wildman–Crippen MR) is 113 cm³/mol. The van der Waals surface area contributed by atoms with Gasteiger partial charge in [-0.3, -0.25) is 0 Å². The summed E-state index contributed by atoms with van der Waals surface area (Å²) >= 11 is 0. The van der Waals surface area contributed by atoms with Gasteiger partial charge in [-0.1, -0.05) is 12.1 Å². The number of hydrogen-bond acceptors (Lipinski definition) is 5. The number of carbonyl (C=O) groups excluding carboxylic acids is 1. The minimum absolute atomic E-state index is 0.0168. The van der Waals surface area contributed by atoms with Gasteiger partial charge in [0.25, 0.3) is 10.0 Å². The lowest BCUT2D eigenvalue weighted by Gasteiger charge is -2.33. The van der Waals surface area contributed by atoms with Crippen molar-refractivity contribution in [2.75, 3.05) is 33.4 Å². The van der Waals surface area contributed by atoms with Crippen molar-refractivity contribution in [1.29, 1.82) is 0 Å². The molecule has 2 aliphatic heterocycles. The maximum Gasteiger partial charge on any atom is 0.315 e. The third-order valence-corrected chi connectivity index (χ3v) is 6.66. The van der Waals surface area contributed by atoms with Gasteiger partial charge in [0.05, 0.1) is 0 Å². The third kappa shape index (κ3) is 5.17. The summed E-state index contributed by atoms with van der Waals surface area (Å²) in [6, 6.07) is 5.18. The lowest BCUT2D eigenvalue weighted by molar-refractivity contribution is 0.192. The smallest absolute Gasteiger partial charge is 0.315 e. The van der Waals surface area contributed by atoms with Crippen molar-refractivity contribution in [3.63, 3.8) is 0 Å². The van der Waals surface area contributed by atoms with Gasteiger partial charge in [-0.05, 0) is 43.9 Å². The first kappa shape index (κ1) is 22.2. The summed E-state index contributed by atoms with van der Waals surface area (Å²) in [6.07, 6.45) is 2.12. The molecule has 2 amide bonds. The third-order valence-electron chi connectivity index (χ3n) is 5.19. The first-order chi connectivity index (χ1) is 14.3. The summed E-state index contributed by atoms with van der Waals surface area (Å²) in [6.45, 7) is 4.02. The topological polar surface area (TPSA) is 100 Å². The van der Waals surface area contributed by atoms with Crippen LogP contribution in [0.2, 0.25) is 0 Å². The van der Waals surface area contributed by atoms with Crippen LogP contribution in [0.15, 0.2) is 34.2 Å². The Morgan fingerprint density at radius 3 is 2.57 bits per heavy atom. The Morgan fingerprint density at radius 1 is 1.27 bits per heavy atom. The summed E-state index contributed by atoms with van der Waals surface area (Å²) < 4.78 is 47.4. The van der Waals surface area contributed by atoms with Crippen LogP contribution in [0.5, 0.6) is 0 Å². The Morgan fingerprint density at radius 2 is 1.93 bits per heavy atom. The van der Waals surface area contributed by atoms with Crippen LogP contribution in [-0.2, 0) is 14.8 Å². The number of carbonyl (C=O) groups is 1. The molecule has 0 radical (unpaired) electrons. The first-order valence-electron chi connectivity index (χ1n) is 9.92. The molecule has 0 bridgehead atoms. The zero-order valence-electron chi connectivity index (χ0n) is 17.2. The molecule has 0 unspecified atom stereocenters. The Labute approximate surface area is 176 Å². The number of likely N-dealkylation sites (tertiary alicyclic amines) is 1. The van der Waals surface area contributed by atoms with Crippen molar-refractivity contribution in [2.24, 2.45) is 4.40 Å². The number of rotatable bonds is 6. The molecular weight excluding hydrogens is 411 g/mol. The number of amides is 2. The number of hydrogen-bond donors (Lipinski definition) is 2. The van der Waals surface area contributed by atoms with Gasteiger partial charge in [-0.15, -0.1) is 4.40 Å². The highest BCUT2D eigenvalue weighted by Gasteiger charge is 2.35. The van der Waals surface area contributed by atoms with Crippen LogP contribution in [-0.4, -0.2) is 64.6 Å². The number of amidine groups is 1. The molecular formula is C20H27FN4O4S. The second kappa shape index (κ2) is 9.57. The quantitative estimate of drug-likeness (QED) is 0.663. The SMILES string of the molecule is COCCCNC(=O)NC1CCN(C2=NS(=O)(=O)C(c3ccc(F)cc3)=C2C)CC1. The van der Waals surface area contributed by atoms with E-state index in [0.29, 0.717) is 56.1 Å². The number of nitrogens with zero attached hydrogens (tertiary/aromatic N) is 2. The van der Waals surface area contributed by atoms with Crippen molar-refractivity contribution >= 4 is 26.8 Å². The van der Waals surface area contributed by atoms with E-state index < -0.39 is 15.8 Å². The van der Waals surface area contributed by atoms with E-state index in [2.05, 4.69) is 15.0 Å². The average Bonchev–Trinajstić information content (AvgIpc) is 2.95. The minimum atomic E-state index is -3.83. The molecule has 2 heterocycles. The summed E-state index contributed by atoms with van der Waals surface area (Å²) in [5.74, 6) is 0.00244. The zero-order valence-corrected chi connectivity index (χ0v) is 18.0. The second-order valence-corrected chi connectivity index (χ2v) is 8.90. The number of nitrogens with one attached hydrogen (secondary N) is 2. The molecule has 0 atom stereocenters. The lowest BCUT2D eigenvalue weighted by atomic mass is 10.0. The number of sulfonamides is 1. The molecule has 8 nitrogen and oxygen atoms in total. The van der Waals surface area contributed by atoms with Gasteiger partial charge in [-0.2, -0.15) is 8.42 Å². The number of urea groups is 1. The summed E-state index contributed by atoms with van der Waals surface area (Å²) in [7, 11) is -2.22. The minimum Gasteiger partial charge on any atom is -0.385 e. The molecule has 0 aromatic heterocycles. The molecule has 164 valence electrons. The fourth-order valence-electron chi connectivity index (χ4n) is 3.68. The molecule has 30 heavy (non-hydrogen) atoms.